The molecule has 7 heteroatoms. The van der Waals surface area contributed by atoms with Gasteiger partial charge in [0.05, 0.1) is 39.1 Å². The number of hydrogen-bond donors (Lipinski definition) is 1. The minimum atomic E-state index is -0.262. The monoisotopic (exact) mass is 445 g/mol. The first kappa shape index (κ1) is 25.2. The van der Waals surface area contributed by atoms with Crippen LogP contribution in [0.3, 0.4) is 0 Å². The molecule has 1 amide bonds. The second-order valence-corrected chi connectivity index (χ2v) is 7.37. The Balaban J connectivity index is 2.29. The van der Waals surface area contributed by atoms with Crippen LogP contribution in [0.15, 0.2) is 30.3 Å². The van der Waals surface area contributed by atoms with Crippen molar-refractivity contribution >= 4 is 5.91 Å². The van der Waals surface area contributed by atoms with Crippen LogP contribution in [0.4, 0.5) is 0 Å². The van der Waals surface area contributed by atoms with Gasteiger partial charge in [-0.15, -0.1) is 0 Å². The topological polar surface area (TPSA) is 75.3 Å². The molecule has 1 N–H and O–H groups in total. The van der Waals surface area contributed by atoms with E-state index in [1.165, 1.54) is 0 Å². The summed E-state index contributed by atoms with van der Waals surface area (Å²) in [5, 5.41) is 3.03. The Kier molecular flexibility index (Phi) is 9.50. The van der Waals surface area contributed by atoms with Crippen LogP contribution in [0.5, 0.6) is 28.7 Å². The summed E-state index contributed by atoms with van der Waals surface area (Å²) >= 11 is 0. The Labute approximate surface area is 191 Å². The van der Waals surface area contributed by atoms with Crippen molar-refractivity contribution in [1.82, 2.24) is 5.32 Å². The van der Waals surface area contributed by atoms with Crippen molar-refractivity contribution in [2.75, 3.05) is 26.9 Å². The molecule has 176 valence electrons. The first-order valence-electron chi connectivity index (χ1n) is 11.1. The average molecular weight is 446 g/mol. The zero-order valence-electron chi connectivity index (χ0n) is 20.1. The van der Waals surface area contributed by atoms with Gasteiger partial charge in [-0.1, -0.05) is 6.07 Å². The molecule has 2 aromatic rings. The number of amides is 1. The highest BCUT2D eigenvalue weighted by Crippen LogP contribution is 2.39. The maximum Gasteiger partial charge on any atom is 0.252 e. The lowest BCUT2D eigenvalue weighted by Gasteiger charge is -2.20. The smallest absolute Gasteiger partial charge is 0.252 e. The zero-order chi connectivity index (χ0) is 23.7. The average Bonchev–Trinajstić information content (AvgIpc) is 2.75. The zero-order valence-corrected chi connectivity index (χ0v) is 20.1. The van der Waals surface area contributed by atoms with Crippen LogP contribution < -0.4 is 29.0 Å². The number of carbonyl (C=O) groups is 1. The Hall–Kier alpha value is -3.09. The maximum atomic E-state index is 13.1. The lowest BCUT2D eigenvalue weighted by molar-refractivity contribution is 0.0938. The summed E-state index contributed by atoms with van der Waals surface area (Å²) in [5.74, 6) is 2.51. The first-order chi connectivity index (χ1) is 15.3. The van der Waals surface area contributed by atoms with Crippen molar-refractivity contribution < 1.29 is 28.5 Å². The minimum absolute atomic E-state index is 0.0330. The van der Waals surface area contributed by atoms with Gasteiger partial charge in [0.15, 0.2) is 23.0 Å². The molecule has 0 aliphatic heterocycles. The largest absolute Gasteiger partial charge is 0.493 e. The predicted octanol–water partition coefficient (Wildman–Crippen LogP) is 5.17. The fourth-order valence-electron chi connectivity index (χ4n) is 3.19. The lowest BCUT2D eigenvalue weighted by Crippen LogP contribution is -2.26. The van der Waals surface area contributed by atoms with E-state index in [-0.39, 0.29) is 18.1 Å². The molecule has 0 aliphatic carbocycles. The van der Waals surface area contributed by atoms with Gasteiger partial charge in [-0.2, -0.15) is 0 Å². The van der Waals surface area contributed by atoms with Crippen LogP contribution in [0.2, 0.25) is 0 Å². The number of ether oxygens (including phenoxy) is 5. The molecule has 0 aromatic heterocycles. The quantitative estimate of drug-likeness (QED) is 0.486. The van der Waals surface area contributed by atoms with E-state index in [1.807, 2.05) is 59.7 Å². The van der Waals surface area contributed by atoms with E-state index >= 15 is 0 Å². The Morgan fingerprint density at radius 1 is 0.844 bits per heavy atom. The second kappa shape index (κ2) is 12.1. The van der Waals surface area contributed by atoms with Gasteiger partial charge in [-0.05, 0) is 71.4 Å². The summed E-state index contributed by atoms with van der Waals surface area (Å²) in [5.41, 5.74) is 1.33. The van der Waals surface area contributed by atoms with Crippen LogP contribution in [-0.4, -0.2) is 38.9 Å². The number of hydrogen-bond acceptors (Lipinski definition) is 6. The van der Waals surface area contributed by atoms with Gasteiger partial charge < -0.3 is 29.0 Å². The molecular formula is C25H35NO6. The molecule has 2 aromatic carbocycles. The summed E-state index contributed by atoms with van der Waals surface area (Å²) in [6.45, 7) is 12.8. The molecule has 0 radical (unpaired) electrons. The van der Waals surface area contributed by atoms with Crippen LogP contribution >= 0.6 is 0 Å². The van der Waals surface area contributed by atoms with Crippen molar-refractivity contribution in [3.63, 3.8) is 0 Å². The first-order valence-corrected chi connectivity index (χ1v) is 11.1. The van der Waals surface area contributed by atoms with Crippen LogP contribution in [0.25, 0.3) is 0 Å². The lowest BCUT2D eigenvalue weighted by atomic mass is 10.1. The van der Waals surface area contributed by atoms with Crippen molar-refractivity contribution in [2.45, 2.75) is 53.7 Å². The highest BCUT2D eigenvalue weighted by atomic mass is 16.5. The molecule has 0 saturated heterocycles. The van der Waals surface area contributed by atoms with Gasteiger partial charge in [0.2, 0.25) is 5.75 Å². The number of nitrogens with one attached hydrogen (secondary N) is 1. The van der Waals surface area contributed by atoms with E-state index < -0.39 is 0 Å². The fraction of sp³-hybridized carbons (Fsp3) is 0.480. The summed E-state index contributed by atoms with van der Waals surface area (Å²) in [4.78, 5) is 13.1. The van der Waals surface area contributed by atoms with Crippen molar-refractivity contribution in [3.8, 4) is 28.7 Å². The SMILES string of the molecule is CCOc1cc(C(=O)NC(C)c2ccc(OC(C)C)c(OC)c2)cc(OCC)c1OCC. The van der Waals surface area contributed by atoms with Gasteiger partial charge in [0.25, 0.3) is 5.91 Å². The van der Waals surface area contributed by atoms with Crippen molar-refractivity contribution in [1.29, 1.82) is 0 Å². The Morgan fingerprint density at radius 2 is 1.44 bits per heavy atom. The molecule has 0 bridgehead atoms. The molecule has 0 aliphatic rings. The van der Waals surface area contributed by atoms with Gasteiger partial charge in [-0.3, -0.25) is 4.79 Å². The molecule has 7 nitrogen and oxygen atoms in total. The molecule has 0 spiro atoms. The summed E-state index contributed by atoms with van der Waals surface area (Å²) < 4.78 is 28.4. The number of benzene rings is 2. The predicted molar refractivity (Wildman–Crippen MR) is 125 cm³/mol. The van der Waals surface area contributed by atoms with E-state index in [4.69, 9.17) is 23.7 Å². The van der Waals surface area contributed by atoms with Crippen LogP contribution in [-0.2, 0) is 0 Å². The highest BCUT2D eigenvalue weighted by molar-refractivity contribution is 5.96. The van der Waals surface area contributed by atoms with Gasteiger partial charge >= 0.3 is 0 Å². The molecule has 2 rings (SSSR count). The maximum absolute atomic E-state index is 13.1. The number of methoxy groups -OCH3 is 1. The molecule has 1 unspecified atom stereocenters. The van der Waals surface area contributed by atoms with Crippen molar-refractivity contribution in [3.05, 3.63) is 41.5 Å². The van der Waals surface area contributed by atoms with Crippen LogP contribution in [0, 0.1) is 0 Å². The summed E-state index contributed by atoms with van der Waals surface area (Å²) in [7, 11) is 1.60. The van der Waals surface area contributed by atoms with E-state index in [2.05, 4.69) is 5.32 Å². The standard InChI is InChI=1S/C25H35NO6/c1-8-29-22-14-19(15-23(30-9-2)24(22)31-10-3)25(27)26-17(6)18-11-12-20(32-16(4)5)21(13-18)28-7/h11-17H,8-10H2,1-7H3,(H,26,27). The fourth-order valence-corrected chi connectivity index (χ4v) is 3.19. The summed E-state index contributed by atoms with van der Waals surface area (Å²) in [6, 6.07) is 8.74. The van der Waals surface area contributed by atoms with Gasteiger partial charge in [-0.25, -0.2) is 0 Å². The van der Waals surface area contributed by atoms with Crippen molar-refractivity contribution in [2.24, 2.45) is 0 Å². The molecule has 0 heterocycles. The van der Waals surface area contributed by atoms with E-state index in [0.717, 1.165) is 5.56 Å². The van der Waals surface area contributed by atoms with E-state index in [0.29, 0.717) is 54.1 Å². The third-order valence-corrected chi connectivity index (χ3v) is 4.57. The van der Waals surface area contributed by atoms with Crippen LogP contribution in [0.1, 0.15) is 63.5 Å². The summed E-state index contributed by atoms with van der Waals surface area (Å²) in [6.07, 6.45) is 0.0330. The van der Waals surface area contributed by atoms with E-state index in [9.17, 15) is 4.79 Å². The minimum Gasteiger partial charge on any atom is -0.493 e. The van der Waals surface area contributed by atoms with Gasteiger partial charge in [0.1, 0.15) is 0 Å². The van der Waals surface area contributed by atoms with E-state index in [1.54, 1.807) is 19.2 Å². The normalized spacial score (nSPS) is 11.6. The second-order valence-electron chi connectivity index (χ2n) is 7.37. The number of carbonyl (C=O) groups excluding carboxylic acids is 1. The van der Waals surface area contributed by atoms with Gasteiger partial charge in [0, 0.05) is 5.56 Å². The molecule has 0 saturated carbocycles. The molecular weight excluding hydrogens is 410 g/mol. The Morgan fingerprint density at radius 3 is 1.94 bits per heavy atom. The third-order valence-electron chi connectivity index (χ3n) is 4.57. The molecule has 1 atom stereocenters. The number of rotatable bonds is 12. The highest BCUT2D eigenvalue weighted by Gasteiger charge is 2.20. The Bertz CT molecular complexity index is 869. The third kappa shape index (κ3) is 6.45. The molecule has 0 fully saturated rings. The molecule has 32 heavy (non-hydrogen) atoms.